The monoisotopic (exact) mass is 297 g/mol. The van der Waals surface area contributed by atoms with Crippen molar-refractivity contribution in [2.24, 2.45) is 11.8 Å². The fraction of sp³-hybridized carbons (Fsp3) is 1.00. The maximum atomic E-state index is 10.4. The SMILES string of the molecule is CCCCCNC(CC(O)CCC(C)C)C1CCCCC1. The summed E-state index contributed by atoms with van der Waals surface area (Å²) in [4.78, 5) is 0. The second-order valence-electron chi connectivity index (χ2n) is 7.53. The van der Waals surface area contributed by atoms with E-state index in [1.165, 1.54) is 51.4 Å². The van der Waals surface area contributed by atoms with Gasteiger partial charge in [-0.15, -0.1) is 0 Å². The quantitative estimate of drug-likeness (QED) is 0.531. The summed E-state index contributed by atoms with van der Waals surface area (Å²) >= 11 is 0. The van der Waals surface area contributed by atoms with Gasteiger partial charge in [0.25, 0.3) is 0 Å². The summed E-state index contributed by atoms with van der Waals surface area (Å²) in [6.45, 7) is 7.88. The van der Waals surface area contributed by atoms with Gasteiger partial charge in [-0.2, -0.15) is 0 Å². The Morgan fingerprint density at radius 2 is 1.76 bits per heavy atom. The van der Waals surface area contributed by atoms with Crippen molar-refractivity contribution in [3.63, 3.8) is 0 Å². The normalized spacial score (nSPS) is 19.9. The van der Waals surface area contributed by atoms with Crippen LogP contribution >= 0.6 is 0 Å². The summed E-state index contributed by atoms with van der Waals surface area (Å²) in [5.74, 6) is 1.50. The molecule has 2 nitrogen and oxygen atoms in total. The average Bonchev–Trinajstić information content (AvgIpc) is 2.49. The van der Waals surface area contributed by atoms with Crippen LogP contribution in [0.3, 0.4) is 0 Å². The highest BCUT2D eigenvalue weighted by molar-refractivity contribution is 4.81. The first-order valence-corrected chi connectivity index (χ1v) is 9.55. The van der Waals surface area contributed by atoms with Crippen LogP contribution < -0.4 is 5.32 Å². The van der Waals surface area contributed by atoms with Crippen LogP contribution in [0.4, 0.5) is 0 Å². The number of hydrogen-bond donors (Lipinski definition) is 2. The maximum Gasteiger partial charge on any atom is 0.0555 e. The van der Waals surface area contributed by atoms with Gasteiger partial charge >= 0.3 is 0 Å². The summed E-state index contributed by atoms with van der Waals surface area (Å²) in [7, 11) is 0. The highest BCUT2D eigenvalue weighted by Gasteiger charge is 2.25. The highest BCUT2D eigenvalue weighted by atomic mass is 16.3. The van der Waals surface area contributed by atoms with Crippen molar-refractivity contribution in [3.05, 3.63) is 0 Å². The van der Waals surface area contributed by atoms with E-state index in [-0.39, 0.29) is 6.10 Å². The third-order valence-corrected chi connectivity index (χ3v) is 5.01. The van der Waals surface area contributed by atoms with E-state index in [0.717, 1.165) is 31.7 Å². The minimum Gasteiger partial charge on any atom is -0.393 e. The van der Waals surface area contributed by atoms with Crippen molar-refractivity contribution < 1.29 is 5.11 Å². The molecule has 0 aromatic rings. The molecule has 0 spiro atoms. The van der Waals surface area contributed by atoms with Crippen molar-refractivity contribution in [2.45, 2.75) is 104 Å². The number of nitrogens with one attached hydrogen (secondary N) is 1. The van der Waals surface area contributed by atoms with Gasteiger partial charge < -0.3 is 10.4 Å². The van der Waals surface area contributed by atoms with Gasteiger partial charge in [0.1, 0.15) is 0 Å². The van der Waals surface area contributed by atoms with Gasteiger partial charge in [0.05, 0.1) is 6.10 Å². The Bertz CT molecular complexity index is 236. The van der Waals surface area contributed by atoms with Gasteiger partial charge in [-0.3, -0.25) is 0 Å². The molecule has 0 heterocycles. The molecule has 2 N–H and O–H groups in total. The predicted octanol–water partition coefficient (Wildman–Crippen LogP) is 4.90. The van der Waals surface area contributed by atoms with Crippen LogP contribution in [0.2, 0.25) is 0 Å². The van der Waals surface area contributed by atoms with Gasteiger partial charge in [-0.05, 0) is 56.9 Å². The van der Waals surface area contributed by atoms with Crippen molar-refractivity contribution >= 4 is 0 Å². The van der Waals surface area contributed by atoms with Crippen LogP contribution in [-0.2, 0) is 0 Å². The molecule has 1 fully saturated rings. The molecule has 2 atom stereocenters. The molecule has 0 saturated heterocycles. The van der Waals surface area contributed by atoms with E-state index in [2.05, 4.69) is 26.1 Å². The molecule has 0 aliphatic heterocycles. The topological polar surface area (TPSA) is 32.3 Å². The summed E-state index contributed by atoms with van der Waals surface area (Å²) in [5, 5.41) is 14.1. The Morgan fingerprint density at radius 1 is 1.05 bits per heavy atom. The molecule has 0 radical (unpaired) electrons. The lowest BCUT2D eigenvalue weighted by Gasteiger charge is -2.32. The van der Waals surface area contributed by atoms with Crippen LogP contribution in [0.15, 0.2) is 0 Å². The minimum absolute atomic E-state index is 0.113. The fourth-order valence-electron chi connectivity index (χ4n) is 3.58. The number of unbranched alkanes of at least 4 members (excludes halogenated alkanes) is 2. The molecule has 1 aliphatic carbocycles. The Morgan fingerprint density at radius 3 is 2.38 bits per heavy atom. The van der Waals surface area contributed by atoms with Crippen molar-refractivity contribution in [1.82, 2.24) is 5.32 Å². The minimum atomic E-state index is -0.113. The summed E-state index contributed by atoms with van der Waals surface area (Å²) in [6.07, 6.45) is 13.8. The lowest BCUT2D eigenvalue weighted by atomic mass is 9.81. The van der Waals surface area contributed by atoms with Gasteiger partial charge in [-0.25, -0.2) is 0 Å². The lowest BCUT2D eigenvalue weighted by molar-refractivity contribution is 0.113. The second kappa shape index (κ2) is 11.5. The van der Waals surface area contributed by atoms with Gasteiger partial charge in [0.2, 0.25) is 0 Å². The van der Waals surface area contributed by atoms with Crippen LogP contribution in [-0.4, -0.2) is 23.8 Å². The molecular weight excluding hydrogens is 258 g/mol. The van der Waals surface area contributed by atoms with Gasteiger partial charge in [0, 0.05) is 6.04 Å². The number of hydrogen-bond acceptors (Lipinski definition) is 2. The maximum absolute atomic E-state index is 10.4. The first-order valence-electron chi connectivity index (χ1n) is 9.55. The second-order valence-corrected chi connectivity index (χ2v) is 7.53. The molecule has 21 heavy (non-hydrogen) atoms. The standard InChI is InChI=1S/C19H39NO/c1-4-5-9-14-20-19(17-10-7-6-8-11-17)15-18(21)13-12-16(2)3/h16-21H,4-15H2,1-3H3. The number of aliphatic hydroxyl groups excluding tert-OH is 1. The zero-order valence-corrected chi connectivity index (χ0v) is 14.7. The van der Waals surface area contributed by atoms with Crippen LogP contribution in [0.25, 0.3) is 0 Å². The molecule has 126 valence electrons. The van der Waals surface area contributed by atoms with Crippen molar-refractivity contribution in [3.8, 4) is 0 Å². The molecule has 0 aromatic heterocycles. The van der Waals surface area contributed by atoms with E-state index >= 15 is 0 Å². The van der Waals surface area contributed by atoms with E-state index in [4.69, 9.17) is 0 Å². The Hall–Kier alpha value is -0.0800. The van der Waals surface area contributed by atoms with Crippen LogP contribution in [0.5, 0.6) is 0 Å². The summed E-state index contributed by atoms with van der Waals surface area (Å²) < 4.78 is 0. The van der Waals surface area contributed by atoms with Crippen molar-refractivity contribution in [2.75, 3.05) is 6.54 Å². The fourth-order valence-corrected chi connectivity index (χ4v) is 3.58. The Balaban J connectivity index is 2.38. The van der Waals surface area contributed by atoms with Crippen LogP contribution in [0, 0.1) is 11.8 Å². The van der Waals surface area contributed by atoms with E-state index in [1.807, 2.05) is 0 Å². The third kappa shape index (κ3) is 8.83. The van der Waals surface area contributed by atoms with E-state index in [9.17, 15) is 5.11 Å². The lowest BCUT2D eigenvalue weighted by Crippen LogP contribution is -2.40. The van der Waals surface area contributed by atoms with E-state index < -0.39 is 0 Å². The molecule has 1 rings (SSSR count). The Kier molecular flexibility index (Phi) is 10.4. The molecule has 0 bridgehead atoms. The zero-order chi connectivity index (χ0) is 15.5. The smallest absolute Gasteiger partial charge is 0.0555 e. The van der Waals surface area contributed by atoms with Crippen LogP contribution in [0.1, 0.15) is 91.4 Å². The first kappa shape index (κ1) is 19.0. The summed E-state index contributed by atoms with van der Waals surface area (Å²) in [6, 6.07) is 0.546. The number of rotatable bonds is 11. The molecular formula is C19H39NO. The zero-order valence-electron chi connectivity index (χ0n) is 14.7. The van der Waals surface area contributed by atoms with Crippen molar-refractivity contribution in [1.29, 1.82) is 0 Å². The molecule has 1 saturated carbocycles. The molecule has 2 heteroatoms. The Labute approximate surface area is 133 Å². The third-order valence-electron chi connectivity index (χ3n) is 5.01. The van der Waals surface area contributed by atoms with Gasteiger partial charge in [-0.1, -0.05) is 52.9 Å². The molecule has 1 aliphatic rings. The van der Waals surface area contributed by atoms with E-state index in [0.29, 0.717) is 12.0 Å². The molecule has 0 amide bonds. The largest absolute Gasteiger partial charge is 0.393 e. The average molecular weight is 298 g/mol. The number of aliphatic hydroxyl groups is 1. The molecule has 0 aromatic carbocycles. The first-order chi connectivity index (χ1) is 10.1. The predicted molar refractivity (Wildman–Crippen MR) is 92.6 cm³/mol. The summed E-state index contributed by atoms with van der Waals surface area (Å²) in [5.41, 5.74) is 0. The van der Waals surface area contributed by atoms with E-state index in [1.54, 1.807) is 0 Å². The highest BCUT2D eigenvalue weighted by Crippen LogP contribution is 2.29. The molecule has 2 unspecified atom stereocenters. The van der Waals surface area contributed by atoms with Gasteiger partial charge in [0.15, 0.2) is 0 Å².